The summed E-state index contributed by atoms with van der Waals surface area (Å²) in [5.41, 5.74) is 0. The van der Waals surface area contributed by atoms with E-state index in [1.165, 1.54) is 13.5 Å². The van der Waals surface area contributed by atoms with E-state index in [2.05, 4.69) is 15.3 Å². The lowest BCUT2D eigenvalue weighted by Crippen LogP contribution is -2.53. The fourth-order valence-corrected chi connectivity index (χ4v) is 4.85. The van der Waals surface area contributed by atoms with Gasteiger partial charge < -0.3 is 10.1 Å². The summed E-state index contributed by atoms with van der Waals surface area (Å²) in [5, 5.41) is 3.12. The van der Waals surface area contributed by atoms with Gasteiger partial charge in [0.25, 0.3) is 0 Å². The highest BCUT2D eigenvalue weighted by molar-refractivity contribution is 6.28. The van der Waals surface area contributed by atoms with Crippen molar-refractivity contribution in [2.45, 2.75) is 25.3 Å². The first-order valence-corrected chi connectivity index (χ1v) is 8.00. The fraction of sp³-hybridized carbons (Fsp3) is 0.667. The molecule has 4 aliphatic carbocycles. The lowest BCUT2D eigenvalue weighted by Gasteiger charge is -2.47. The summed E-state index contributed by atoms with van der Waals surface area (Å²) >= 11 is 5.76. The van der Waals surface area contributed by atoms with E-state index in [0.29, 0.717) is 23.7 Å². The molecule has 0 spiro atoms. The molecule has 5 rings (SSSR count). The first-order chi connectivity index (χ1) is 10.6. The Bertz CT molecular complexity index is 629. The van der Waals surface area contributed by atoms with Crippen LogP contribution in [0.15, 0.2) is 6.20 Å². The number of halogens is 2. The standard InChI is InChI=1S/C15H17ClFN3O2/c1-22-14(21)11-6-2-3-7(9-4-8(6)9)12(11)19-13-10(17)5-18-15(16)20-13/h5-9,11-12H,2-4H2,1H3,(H,18,19,20)/t6-,7+,8-,9+,11-,12-/m0/s1. The Morgan fingerprint density at radius 1 is 1.36 bits per heavy atom. The second kappa shape index (κ2) is 5.05. The van der Waals surface area contributed by atoms with Crippen LogP contribution in [0.25, 0.3) is 0 Å². The molecule has 118 valence electrons. The molecule has 22 heavy (non-hydrogen) atoms. The molecule has 4 fully saturated rings. The minimum Gasteiger partial charge on any atom is -0.469 e. The Morgan fingerprint density at radius 3 is 2.86 bits per heavy atom. The average Bonchev–Trinajstić information content (AvgIpc) is 3.32. The van der Waals surface area contributed by atoms with Crippen molar-refractivity contribution in [1.29, 1.82) is 0 Å². The van der Waals surface area contributed by atoms with Gasteiger partial charge in [-0.15, -0.1) is 0 Å². The van der Waals surface area contributed by atoms with Crippen LogP contribution in [0, 0.1) is 35.4 Å². The molecule has 0 radical (unpaired) electrons. The van der Waals surface area contributed by atoms with E-state index in [4.69, 9.17) is 16.3 Å². The number of ether oxygens (including phenoxy) is 1. The molecule has 5 nitrogen and oxygen atoms in total. The monoisotopic (exact) mass is 325 g/mol. The molecule has 1 N–H and O–H groups in total. The number of methoxy groups -OCH3 is 1. The van der Waals surface area contributed by atoms with Gasteiger partial charge in [0.05, 0.1) is 19.2 Å². The second-order valence-corrected chi connectivity index (χ2v) is 6.86. The summed E-state index contributed by atoms with van der Waals surface area (Å²) < 4.78 is 18.9. The van der Waals surface area contributed by atoms with Gasteiger partial charge in [-0.25, -0.2) is 9.37 Å². The normalized spacial score (nSPS) is 38.3. The van der Waals surface area contributed by atoms with Crippen molar-refractivity contribution in [2.24, 2.45) is 29.6 Å². The van der Waals surface area contributed by atoms with Gasteiger partial charge in [-0.2, -0.15) is 4.98 Å². The Hall–Kier alpha value is -1.43. The van der Waals surface area contributed by atoms with Gasteiger partial charge in [0.1, 0.15) is 0 Å². The van der Waals surface area contributed by atoms with E-state index in [0.717, 1.165) is 19.0 Å². The van der Waals surface area contributed by atoms with Crippen molar-refractivity contribution in [3.05, 3.63) is 17.3 Å². The largest absolute Gasteiger partial charge is 0.469 e. The number of anilines is 1. The van der Waals surface area contributed by atoms with Crippen LogP contribution in [-0.2, 0) is 9.53 Å². The summed E-state index contributed by atoms with van der Waals surface area (Å²) in [6.07, 6.45) is 4.34. The second-order valence-electron chi connectivity index (χ2n) is 6.52. The molecule has 0 saturated heterocycles. The molecule has 4 saturated carbocycles. The molecule has 0 aromatic carbocycles. The summed E-state index contributed by atoms with van der Waals surface area (Å²) in [6, 6.07) is -0.143. The number of hydrogen-bond donors (Lipinski definition) is 1. The lowest BCUT2D eigenvalue weighted by atomic mass is 9.61. The van der Waals surface area contributed by atoms with Crippen molar-refractivity contribution >= 4 is 23.4 Å². The number of fused-ring (bicyclic) bond motifs is 2. The van der Waals surface area contributed by atoms with E-state index in [-0.39, 0.29) is 29.0 Å². The maximum atomic E-state index is 13.9. The van der Waals surface area contributed by atoms with Crippen LogP contribution in [0.4, 0.5) is 10.2 Å². The van der Waals surface area contributed by atoms with Crippen LogP contribution in [0.2, 0.25) is 5.28 Å². The van der Waals surface area contributed by atoms with Crippen LogP contribution in [0.5, 0.6) is 0 Å². The van der Waals surface area contributed by atoms with E-state index < -0.39 is 5.82 Å². The Labute approximate surface area is 132 Å². The van der Waals surface area contributed by atoms with Crippen molar-refractivity contribution in [3.8, 4) is 0 Å². The zero-order valence-electron chi connectivity index (χ0n) is 12.1. The van der Waals surface area contributed by atoms with Gasteiger partial charge in [0.2, 0.25) is 5.28 Å². The van der Waals surface area contributed by atoms with Crippen molar-refractivity contribution in [2.75, 3.05) is 12.4 Å². The Morgan fingerprint density at radius 2 is 2.09 bits per heavy atom. The van der Waals surface area contributed by atoms with Crippen LogP contribution in [0.1, 0.15) is 19.3 Å². The molecule has 2 bridgehead atoms. The first kappa shape index (κ1) is 14.2. The van der Waals surface area contributed by atoms with Gasteiger partial charge >= 0.3 is 5.97 Å². The Kier molecular flexibility index (Phi) is 3.25. The highest BCUT2D eigenvalue weighted by Crippen LogP contribution is 2.64. The lowest BCUT2D eigenvalue weighted by molar-refractivity contribution is -0.152. The van der Waals surface area contributed by atoms with E-state index in [1.54, 1.807) is 0 Å². The molecule has 4 aliphatic rings. The molecular weight excluding hydrogens is 309 g/mol. The minimum atomic E-state index is -0.554. The number of hydrogen-bond acceptors (Lipinski definition) is 5. The number of nitrogens with zero attached hydrogens (tertiary/aromatic N) is 2. The zero-order chi connectivity index (χ0) is 15.4. The van der Waals surface area contributed by atoms with Crippen molar-refractivity contribution in [1.82, 2.24) is 9.97 Å². The topological polar surface area (TPSA) is 64.1 Å². The van der Waals surface area contributed by atoms with Crippen LogP contribution in [0.3, 0.4) is 0 Å². The molecule has 1 aromatic heterocycles. The third kappa shape index (κ3) is 2.07. The first-order valence-electron chi connectivity index (χ1n) is 7.62. The van der Waals surface area contributed by atoms with Crippen LogP contribution in [-0.4, -0.2) is 29.1 Å². The molecule has 0 amide bonds. The number of rotatable bonds is 3. The molecule has 6 atom stereocenters. The molecule has 7 heteroatoms. The van der Waals surface area contributed by atoms with Gasteiger partial charge in [-0.05, 0) is 54.5 Å². The summed E-state index contributed by atoms with van der Waals surface area (Å²) in [6.45, 7) is 0. The van der Waals surface area contributed by atoms with E-state index >= 15 is 0 Å². The molecule has 0 unspecified atom stereocenters. The van der Waals surface area contributed by atoms with E-state index in [9.17, 15) is 9.18 Å². The third-order valence-electron chi connectivity index (χ3n) is 5.63. The number of carbonyl (C=O) groups is 1. The molecule has 0 aliphatic heterocycles. The van der Waals surface area contributed by atoms with Crippen LogP contribution < -0.4 is 5.32 Å². The predicted molar refractivity (Wildman–Crippen MR) is 77.7 cm³/mol. The highest BCUT2D eigenvalue weighted by Gasteiger charge is 2.63. The number of nitrogens with one attached hydrogen (secondary N) is 1. The van der Waals surface area contributed by atoms with Crippen LogP contribution >= 0.6 is 11.6 Å². The van der Waals surface area contributed by atoms with Gasteiger partial charge in [-0.3, -0.25) is 4.79 Å². The predicted octanol–water partition coefficient (Wildman–Crippen LogP) is 2.51. The summed E-state index contributed by atoms with van der Waals surface area (Å²) in [5.74, 6) is 1.06. The molecule has 1 aromatic rings. The summed E-state index contributed by atoms with van der Waals surface area (Å²) in [4.78, 5) is 19.8. The maximum absolute atomic E-state index is 13.9. The van der Waals surface area contributed by atoms with Crippen molar-refractivity contribution < 1.29 is 13.9 Å². The smallest absolute Gasteiger partial charge is 0.311 e. The SMILES string of the molecule is COC(=O)[C@H]1[C@H]2CC[C@H]([C@H]3C[C@H]32)[C@@H]1Nc1nc(Cl)ncc1F. The Balaban J connectivity index is 1.66. The quantitative estimate of drug-likeness (QED) is 0.683. The molecular formula is C15H17ClFN3O2. The van der Waals surface area contributed by atoms with Gasteiger partial charge in [0, 0.05) is 6.04 Å². The third-order valence-corrected chi connectivity index (χ3v) is 5.81. The summed E-state index contributed by atoms with van der Waals surface area (Å²) in [7, 11) is 1.41. The number of aromatic nitrogens is 2. The number of carbonyl (C=O) groups excluding carboxylic acids is 1. The van der Waals surface area contributed by atoms with Crippen molar-refractivity contribution in [3.63, 3.8) is 0 Å². The minimum absolute atomic E-state index is 0.0104. The number of esters is 1. The zero-order valence-corrected chi connectivity index (χ0v) is 12.9. The van der Waals surface area contributed by atoms with E-state index in [1.807, 2.05) is 0 Å². The molecule has 1 heterocycles. The average molecular weight is 326 g/mol. The maximum Gasteiger partial charge on any atom is 0.311 e. The highest BCUT2D eigenvalue weighted by atomic mass is 35.5. The fourth-order valence-electron chi connectivity index (χ4n) is 4.72. The van der Waals surface area contributed by atoms with Gasteiger partial charge in [0.15, 0.2) is 11.6 Å². The van der Waals surface area contributed by atoms with Gasteiger partial charge in [-0.1, -0.05) is 0 Å².